The van der Waals surface area contributed by atoms with Crippen LogP contribution >= 0.6 is 11.3 Å². The van der Waals surface area contributed by atoms with Gasteiger partial charge >= 0.3 is 0 Å². The summed E-state index contributed by atoms with van der Waals surface area (Å²) in [4.78, 5) is 31.9. The van der Waals surface area contributed by atoms with Gasteiger partial charge in [-0.1, -0.05) is 6.07 Å². The number of carbonyl (C=O) groups is 2. The lowest BCUT2D eigenvalue weighted by Crippen LogP contribution is -2.31. The molecule has 0 bridgehead atoms. The fraction of sp³-hybridized carbons (Fsp3) is 0.227. The third-order valence-corrected chi connectivity index (χ3v) is 6.08. The number of ketones is 1. The number of thiophene rings is 1. The Morgan fingerprint density at radius 3 is 2.77 bits per heavy atom. The molecule has 9 heteroatoms. The Morgan fingerprint density at radius 1 is 1.29 bits per heavy atom. The minimum absolute atomic E-state index is 0.0197. The Labute approximate surface area is 182 Å². The Balaban J connectivity index is 1.70. The molecule has 1 saturated heterocycles. The van der Waals surface area contributed by atoms with Crippen LogP contribution in [-0.2, 0) is 16.1 Å². The summed E-state index contributed by atoms with van der Waals surface area (Å²) in [5.41, 5.74) is 0.0657. The Kier molecular flexibility index (Phi) is 5.85. The summed E-state index contributed by atoms with van der Waals surface area (Å²) < 4.78 is 21.0. The van der Waals surface area contributed by atoms with E-state index < -0.39 is 29.3 Å². The molecular formula is C22H20FN3O4S. The molecule has 1 amide bonds. The molecule has 1 aromatic carbocycles. The number of amides is 1. The molecule has 0 spiro atoms. The monoisotopic (exact) mass is 441 g/mol. The molecule has 0 saturated carbocycles. The fourth-order valence-corrected chi connectivity index (χ4v) is 4.51. The summed E-state index contributed by atoms with van der Waals surface area (Å²) in [7, 11) is 1.34. The number of hydrogen-bond donors (Lipinski definition) is 1. The number of rotatable bonds is 7. The maximum Gasteiger partial charge on any atom is 0.295 e. The Bertz CT molecular complexity index is 1130. The van der Waals surface area contributed by atoms with E-state index in [9.17, 15) is 19.1 Å². The normalized spacial score (nSPS) is 18.0. The second-order valence-electron chi connectivity index (χ2n) is 7.01. The van der Waals surface area contributed by atoms with Gasteiger partial charge in [-0.05, 0) is 36.1 Å². The van der Waals surface area contributed by atoms with Crippen molar-refractivity contribution in [3.05, 3.63) is 76.3 Å². The zero-order chi connectivity index (χ0) is 22.0. The molecule has 7 nitrogen and oxygen atoms in total. The predicted molar refractivity (Wildman–Crippen MR) is 113 cm³/mol. The van der Waals surface area contributed by atoms with Gasteiger partial charge in [-0.3, -0.25) is 9.59 Å². The van der Waals surface area contributed by atoms with Crippen molar-refractivity contribution in [2.45, 2.75) is 19.0 Å². The number of halogens is 1. The van der Waals surface area contributed by atoms with E-state index in [0.29, 0.717) is 19.5 Å². The lowest BCUT2D eigenvalue weighted by Gasteiger charge is -2.24. The molecule has 3 heterocycles. The van der Waals surface area contributed by atoms with Crippen LogP contribution in [0.15, 0.2) is 60.0 Å². The van der Waals surface area contributed by atoms with Gasteiger partial charge in [-0.15, -0.1) is 11.3 Å². The highest BCUT2D eigenvalue weighted by molar-refractivity contribution is 7.10. The highest BCUT2D eigenvalue weighted by atomic mass is 32.1. The lowest BCUT2D eigenvalue weighted by atomic mass is 9.99. The van der Waals surface area contributed by atoms with Gasteiger partial charge in [0.1, 0.15) is 5.76 Å². The molecule has 2 aromatic heterocycles. The van der Waals surface area contributed by atoms with Gasteiger partial charge in [0, 0.05) is 35.9 Å². The maximum atomic E-state index is 14.2. The van der Waals surface area contributed by atoms with Crippen LogP contribution in [0, 0.1) is 5.82 Å². The first-order valence-corrected chi connectivity index (χ1v) is 10.5. The largest absolute Gasteiger partial charge is 0.507 e. The number of ether oxygens (including phenoxy) is 1. The lowest BCUT2D eigenvalue weighted by molar-refractivity contribution is -0.139. The fourth-order valence-electron chi connectivity index (χ4n) is 3.67. The molecule has 1 atom stereocenters. The first kappa shape index (κ1) is 20.8. The third-order valence-electron chi connectivity index (χ3n) is 5.15. The molecule has 3 aromatic rings. The minimum atomic E-state index is -0.783. The SMILES string of the molecule is COc1ccc(C(O)=C2C(=O)C(=O)N(CCCn3ccnc3)[C@H]2c2cccs2)cc1F. The third kappa shape index (κ3) is 3.96. The zero-order valence-electron chi connectivity index (χ0n) is 16.7. The highest BCUT2D eigenvalue weighted by Crippen LogP contribution is 2.41. The Morgan fingerprint density at radius 2 is 2.13 bits per heavy atom. The molecule has 1 aliphatic rings. The average molecular weight is 441 g/mol. The summed E-state index contributed by atoms with van der Waals surface area (Å²) >= 11 is 1.38. The van der Waals surface area contributed by atoms with Gasteiger partial charge in [-0.25, -0.2) is 9.37 Å². The van der Waals surface area contributed by atoms with Gasteiger partial charge < -0.3 is 19.3 Å². The number of aliphatic hydroxyl groups is 1. The van der Waals surface area contributed by atoms with Gasteiger partial charge in [0.05, 0.1) is 25.1 Å². The molecule has 160 valence electrons. The van der Waals surface area contributed by atoms with Crippen LogP contribution in [0.4, 0.5) is 4.39 Å². The number of hydrogen-bond acceptors (Lipinski definition) is 6. The van der Waals surface area contributed by atoms with Crippen molar-refractivity contribution in [1.82, 2.24) is 14.5 Å². The van der Waals surface area contributed by atoms with E-state index in [1.807, 2.05) is 28.3 Å². The van der Waals surface area contributed by atoms with Crippen LogP contribution in [0.3, 0.4) is 0 Å². The molecule has 1 aliphatic heterocycles. The first-order chi connectivity index (χ1) is 15.0. The van der Waals surface area contributed by atoms with E-state index in [2.05, 4.69) is 4.98 Å². The molecule has 1 fully saturated rings. The van der Waals surface area contributed by atoms with Crippen molar-refractivity contribution in [3.63, 3.8) is 0 Å². The molecule has 4 rings (SSSR count). The zero-order valence-corrected chi connectivity index (χ0v) is 17.5. The van der Waals surface area contributed by atoms with Crippen molar-refractivity contribution in [1.29, 1.82) is 0 Å². The van der Waals surface area contributed by atoms with Gasteiger partial charge in [0.15, 0.2) is 11.6 Å². The standard InChI is InChI=1S/C22H20FN3O4S/c1-30-16-6-5-14(12-15(16)23)20(27)18-19(17-4-2-11-31-17)26(22(29)21(18)28)9-3-8-25-10-7-24-13-25/h2,4-7,10-13,19,27H,3,8-9H2,1H3/t19-/m0/s1. The summed E-state index contributed by atoms with van der Waals surface area (Å²) in [6, 6.07) is 6.81. The van der Waals surface area contributed by atoms with Crippen molar-refractivity contribution in [2.24, 2.45) is 0 Å². The second kappa shape index (κ2) is 8.73. The number of aryl methyl sites for hydroxylation is 1. The van der Waals surface area contributed by atoms with Crippen LogP contribution < -0.4 is 4.74 Å². The average Bonchev–Trinajstić information content (AvgIpc) is 3.52. The Hall–Kier alpha value is -3.46. The van der Waals surface area contributed by atoms with E-state index >= 15 is 0 Å². The van der Waals surface area contributed by atoms with Crippen LogP contribution in [0.2, 0.25) is 0 Å². The number of likely N-dealkylation sites (tertiary alicyclic amines) is 1. The number of imidazole rings is 1. The molecule has 1 N–H and O–H groups in total. The number of nitrogens with zero attached hydrogens (tertiary/aromatic N) is 3. The quantitative estimate of drug-likeness (QED) is 0.344. The molecule has 31 heavy (non-hydrogen) atoms. The van der Waals surface area contributed by atoms with E-state index in [0.717, 1.165) is 10.9 Å². The van der Waals surface area contributed by atoms with Crippen molar-refractivity contribution in [3.8, 4) is 5.75 Å². The topological polar surface area (TPSA) is 84.7 Å². The van der Waals surface area contributed by atoms with E-state index in [1.165, 1.54) is 35.5 Å². The van der Waals surface area contributed by atoms with Gasteiger partial charge in [-0.2, -0.15) is 0 Å². The van der Waals surface area contributed by atoms with Crippen LogP contribution in [0.5, 0.6) is 5.75 Å². The predicted octanol–water partition coefficient (Wildman–Crippen LogP) is 3.60. The minimum Gasteiger partial charge on any atom is -0.507 e. The highest BCUT2D eigenvalue weighted by Gasteiger charge is 2.46. The second-order valence-corrected chi connectivity index (χ2v) is 7.99. The van der Waals surface area contributed by atoms with E-state index in [-0.39, 0.29) is 16.9 Å². The van der Waals surface area contributed by atoms with E-state index in [1.54, 1.807) is 12.5 Å². The number of methoxy groups -OCH3 is 1. The summed E-state index contributed by atoms with van der Waals surface area (Å²) in [5, 5.41) is 12.8. The van der Waals surface area contributed by atoms with Crippen LogP contribution in [0.1, 0.15) is 22.9 Å². The summed E-state index contributed by atoms with van der Waals surface area (Å²) in [5.74, 6) is -2.52. The first-order valence-electron chi connectivity index (χ1n) is 9.62. The number of carbonyl (C=O) groups excluding carboxylic acids is 2. The van der Waals surface area contributed by atoms with Gasteiger partial charge in [0.2, 0.25) is 0 Å². The van der Waals surface area contributed by atoms with Crippen molar-refractivity contribution >= 4 is 28.8 Å². The van der Waals surface area contributed by atoms with E-state index in [4.69, 9.17) is 4.74 Å². The van der Waals surface area contributed by atoms with Crippen LogP contribution in [0.25, 0.3) is 5.76 Å². The number of aromatic nitrogens is 2. The molecular weight excluding hydrogens is 421 g/mol. The van der Waals surface area contributed by atoms with Crippen molar-refractivity contribution < 1.29 is 23.8 Å². The number of benzene rings is 1. The summed E-state index contributed by atoms with van der Waals surface area (Å²) in [6.45, 7) is 0.947. The molecule has 0 unspecified atom stereocenters. The number of aliphatic hydroxyl groups excluding tert-OH is 1. The van der Waals surface area contributed by atoms with Crippen LogP contribution in [-0.4, -0.2) is 44.9 Å². The number of Topliss-reactive ketones (excluding diaryl/α,β-unsaturated/α-hetero) is 1. The summed E-state index contributed by atoms with van der Waals surface area (Å²) in [6.07, 6.45) is 5.78. The molecule has 0 radical (unpaired) electrons. The smallest absolute Gasteiger partial charge is 0.295 e. The molecule has 0 aliphatic carbocycles. The van der Waals surface area contributed by atoms with Crippen molar-refractivity contribution in [2.75, 3.05) is 13.7 Å². The van der Waals surface area contributed by atoms with Gasteiger partial charge in [0.25, 0.3) is 11.7 Å². The maximum absolute atomic E-state index is 14.2.